The van der Waals surface area contributed by atoms with E-state index in [4.69, 9.17) is 0 Å². The molecule has 0 aliphatic carbocycles. The van der Waals surface area contributed by atoms with Crippen molar-refractivity contribution in [1.82, 2.24) is 4.57 Å². The van der Waals surface area contributed by atoms with Crippen LogP contribution in [-0.4, -0.2) is 4.57 Å². The molecule has 11 aromatic rings. The Bertz CT molecular complexity index is 3230. The second kappa shape index (κ2) is 13.2. The van der Waals surface area contributed by atoms with Gasteiger partial charge < -0.3 is 9.47 Å². The van der Waals surface area contributed by atoms with Gasteiger partial charge >= 0.3 is 0 Å². The highest BCUT2D eigenvalue weighted by Crippen LogP contribution is 2.48. The van der Waals surface area contributed by atoms with Crippen molar-refractivity contribution in [3.05, 3.63) is 218 Å². The van der Waals surface area contributed by atoms with Gasteiger partial charge in [-0.05, 0) is 104 Å². The number of benzene rings is 10. The summed E-state index contributed by atoms with van der Waals surface area (Å²) in [6, 6.07) is 79.5. The molecular formula is C54H36N2. The molecule has 0 aliphatic heterocycles. The third kappa shape index (κ3) is 5.11. The van der Waals surface area contributed by atoms with Crippen molar-refractivity contribution < 1.29 is 0 Å². The molecule has 1 aromatic heterocycles. The molecule has 0 unspecified atom stereocenters. The third-order valence-electron chi connectivity index (χ3n) is 11.3. The van der Waals surface area contributed by atoms with Gasteiger partial charge in [0.25, 0.3) is 0 Å². The van der Waals surface area contributed by atoms with E-state index in [1.807, 2.05) is 0 Å². The summed E-state index contributed by atoms with van der Waals surface area (Å²) < 4.78 is 2.38. The highest BCUT2D eigenvalue weighted by Gasteiger charge is 2.22. The van der Waals surface area contributed by atoms with Crippen LogP contribution in [0.1, 0.15) is 0 Å². The van der Waals surface area contributed by atoms with Crippen molar-refractivity contribution in [2.45, 2.75) is 0 Å². The zero-order valence-electron chi connectivity index (χ0n) is 30.7. The molecule has 2 heteroatoms. The summed E-state index contributed by atoms with van der Waals surface area (Å²) in [4.78, 5) is 2.46. The Kier molecular flexibility index (Phi) is 7.53. The van der Waals surface area contributed by atoms with Crippen molar-refractivity contribution in [3.8, 4) is 27.9 Å². The van der Waals surface area contributed by atoms with Gasteiger partial charge in [-0.25, -0.2) is 0 Å². The minimum Gasteiger partial charge on any atom is -0.310 e. The summed E-state index contributed by atoms with van der Waals surface area (Å²) >= 11 is 0. The first kappa shape index (κ1) is 32.0. The molecule has 2 nitrogen and oxygen atoms in total. The molecule has 0 saturated carbocycles. The quantitative estimate of drug-likeness (QED) is 0.156. The summed E-state index contributed by atoms with van der Waals surface area (Å²) in [5.74, 6) is 0. The van der Waals surface area contributed by atoms with Crippen LogP contribution in [0, 0.1) is 0 Å². The van der Waals surface area contributed by atoms with E-state index in [9.17, 15) is 0 Å². The fourth-order valence-electron chi connectivity index (χ4n) is 8.91. The molecule has 0 N–H and O–H groups in total. The zero-order chi connectivity index (χ0) is 37.0. The van der Waals surface area contributed by atoms with E-state index < -0.39 is 0 Å². The number of rotatable bonds is 6. The normalized spacial score (nSPS) is 11.6. The van der Waals surface area contributed by atoms with Crippen molar-refractivity contribution in [2.24, 2.45) is 0 Å². The van der Waals surface area contributed by atoms with E-state index in [0.29, 0.717) is 0 Å². The van der Waals surface area contributed by atoms with Gasteiger partial charge in [0.2, 0.25) is 0 Å². The molecule has 10 aromatic carbocycles. The molecule has 56 heavy (non-hydrogen) atoms. The number of anilines is 3. The van der Waals surface area contributed by atoms with Crippen molar-refractivity contribution in [3.63, 3.8) is 0 Å². The van der Waals surface area contributed by atoms with Crippen molar-refractivity contribution >= 4 is 71.2 Å². The SMILES string of the molecule is c1ccc(-c2c(-c3ccccc3)c3cc(N(c4ccc5c(c4)c4ccccc4n5-c4ccccc4)c4cccc5ccccc45)ccc3c3ccccc23)cc1. The number of aromatic nitrogens is 1. The van der Waals surface area contributed by atoms with E-state index in [1.165, 1.54) is 76.4 Å². The maximum atomic E-state index is 2.46. The lowest BCUT2D eigenvalue weighted by atomic mass is 9.85. The average molecular weight is 713 g/mol. The fourth-order valence-corrected chi connectivity index (χ4v) is 8.91. The number of para-hydroxylation sites is 2. The molecular weight excluding hydrogens is 677 g/mol. The van der Waals surface area contributed by atoms with Crippen LogP contribution < -0.4 is 4.90 Å². The van der Waals surface area contributed by atoms with E-state index in [-0.39, 0.29) is 0 Å². The summed E-state index contributed by atoms with van der Waals surface area (Å²) in [7, 11) is 0. The minimum atomic E-state index is 1.10. The standard InChI is InChI=1S/C54H36N2/c1-4-18-38(19-5-1)53-47-28-13-12-26-44(47)45-33-31-41(36-49(45)54(53)39-20-6-2-7-21-39)55(50-30-16-22-37-17-10-11-25-43(37)50)42-32-34-52-48(35-42)46-27-14-15-29-51(46)56(52)40-23-8-3-9-24-40/h1-36H. The highest BCUT2D eigenvalue weighted by molar-refractivity contribution is 6.22. The molecule has 262 valence electrons. The topological polar surface area (TPSA) is 8.17 Å². The highest BCUT2D eigenvalue weighted by atomic mass is 15.1. The first-order valence-corrected chi connectivity index (χ1v) is 19.3. The smallest absolute Gasteiger partial charge is 0.0542 e. The predicted octanol–water partition coefficient (Wildman–Crippen LogP) is 15.0. The number of nitrogens with zero attached hydrogens (tertiary/aromatic N) is 2. The summed E-state index contributed by atoms with van der Waals surface area (Å²) in [5, 5.41) is 9.82. The van der Waals surface area contributed by atoms with Crippen LogP contribution in [0.5, 0.6) is 0 Å². The lowest BCUT2D eigenvalue weighted by molar-refractivity contribution is 1.18. The Morgan fingerprint density at radius 1 is 0.304 bits per heavy atom. The van der Waals surface area contributed by atoms with Crippen LogP contribution in [0.4, 0.5) is 17.1 Å². The van der Waals surface area contributed by atoms with Crippen molar-refractivity contribution in [1.29, 1.82) is 0 Å². The Labute approximate surface area is 325 Å². The van der Waals surface area contributed by atoms with Crippen LogP contribution in [0.2, 0.25) is 0 Å². The maximum Gasteiger partial charge on any atom is 0.0542 e. The van der Waals surface area contributed by atoms with Crippen molar-refractivity contribution in [2.75, 3.05) is 4.90 Å². The second-order valence-corrected chi connectivity index (χ2v) is 14.5. The molecule has 0 atom stereocenters. The van der Waals surface area contributed by atoms with Crippen LogP contribution in [-0.2, 0) is 0 Å². The monoisotopic (exact) mass is 712 g/mol. The lowest BCUT2D eigenvalue weighted by Crippen LogP contribution is -2.10. The Morgan fingerprint density at radius 3 is 1.54 bits per heavy atom. The molecule has 11 rings (SSSR count). The fraction of sp³-hybridized carbons (Fsp3) is 0. The second-order valence-electron chi connectivity index (χ2n) is 14.5. The molecule has 1 heterocycles. The van der Waals surface area contributed by atoms with E-state index in [1.54, 1.807) is 0 Å². The maximum absolute atomic E-state index is 2.46. The number of fused-ring (bicyclic) bond motifs is 7. The molecule has 0 amide bonds. The summed E-state index contributed by atoms with van der Waals surface area (Å²) in [6.45, 7) is 0. The van der Waals surface area contributed by atoms with Gasteiger partial charge in [0.15, 0.2) is 0 Å². The van der Waals surface area contributed by atoms with Gasteiger partial charge in [0.05, 0.1) is 16.7 Å². The molecule has 0 bridgehead atoms. The molecule has 0 radical (unpaired) electrons. The average Bonchev–Trinajstić information content (AvgIpc) is 3.60. The lowest BCUT2D eigenvalue weighted by Gasteiger charge is -2.28. The first-order valence-electron chi connectivity index (χ1n) is 19.3. The van der Waals surface area contributed by atoms with E-state index in [0.717, 1.165) is 22.7 Å². The van der Waals surface area contributed by atoms with E-state index in [2.05, 4.69) is 228 Å². The number of hydrogen-bond acceptors (Lipinski definition) is 1. The molecule has 0 spiro atoms. The largest absolute Gasteiger partial charge is 0.310 e. The van der Waals surface area contributed by atoms with Crippen LogP contribution >= 0.6 is 0 Å². The van der Waals surface area contributed by atoms with Crippen LogP contribution in [0.15, 0.2) is 218 Å². The molecule has 0 fully saturated rings. The van der Waals surface area contributed by atoms with Gasteiger partial charge in [-0.2, -0.15) is 0 Å². The van der Waals surface area contributed by atoms with Gasteiger partial charge in [-0.1, -0.05) is 164 Å². The van der Waals surface area contributed by atoms with Gasteiger partial charge in [-0.3, -0.25) is 0 Å². The minimum absolute atomic E-state index is 1.10. The Morgan fingerprint density at radius 2 is 0.804 bits per heavy atom. The summed E-state index contributed by atoms with van der Waals surface area (Å²) in [5.41, 5.74) is 11.8. The molecule has 0 saturated heterocycles. The molecule has 0 aliphatic rings. The first-order chi connectivity index (χ1) is 27.8. The van der Waals surface area contributed by atoms with Crippen LogP contribution in [0.3, 0.4) is 0 Å². The van der Waals surface area contributed by atoms with Gasteiger partial charge in [0, 0.05) is 33.2 Å². The Hall–Kier alpha value is -7.42. The van der Waals surface area contributed by atoms with Gasteiger partial charge in [-0.15, -0.1) is 0 Å². The summed E-state index contributed by atoms with van der Waals surface area (Å²) in [6.07, 6.45) is 0. The van der Waals surface area contributed by atoms with Gasteiger partial charge in [0.1, 0.15) is 0 Å². The predicted molar refractivity (Wildman–Crippen MR) is 239 cm³/mol. The zero-order valence-corrected chi connectivity index (χ0v) is 30.7. The Balaban J connectivity index is 1.24. The van der Waals surface area contributed by atoms with Crippen LogP contribution in [0.25, 0.3) is 82.1 Å². The number of hydrogen-bond donors (Lipinski definition) is 0. The third-order valence-corrected chi connectivity index (χ3v) is 11.3. The van der Waals surface area contributed by atoms with E-state index >= 15 is 0 Å².